The third-order valence-corrected chi connectivity index (χ3v) is 7.64. The molecule has 3 fully saturated rings. The van der Waals surface area contributed by atoms with Gasteiger partial charge in [0, 0.05) is 12.7 Å². The molecule has 1 aromatic heterocycles. The number of urea groups is 1. The number of rotatable bonds is 10. The molecular formula is C29H36N4O8. The van der Waals surface area contributed by atoms with Crippen molar-refractivity contribution in [2.45, 2.75) is 63.4 Å². The van der Waals surface area contributed by atoms with E-state index in [1.54, 1.807) is 6.92 Å². The maximum atomic E-state index is 13.0. The molecule has 4 unspecified atom stereocenters. The molecule has 0 radical (unpaired) electrons. The second-order valence-electron chi connectivity index (χ2n) is 10.4. The molecule has 2 saturated heterocycles. The summed E-state index contributed by atoms with van der Waals surface area (Å²) < 4.78 is 26.0. The van der Waals surface area contributed by atoms with E-state index in [2.05, 4.69) is 15.6 Å². The molecule has 220 valence electrons. The molecule has 1 aromatic carbocycles. The van der Waals surface area contributed by atoms with Crippen LogP contribution in [0.3, 0.4) is 0 Å². The molecule has 5 rings (SSSR count). The summed E-state index contributed by atoms with van der Waals surface area (Å²) in [7, 11) is 0. The first-order valence-corrected chi connectivity index (χ1v) is 14.1. The number of fused-ring (bicyclic) bond motifs is 1. The van der Waals surface area contributed by atoms with E-state index < -0.39 is 54.4 Å². The summed E-state index contributed by atoms with van der Waals surface area (Å²) in [5, 5.41) is 14.7. The Labute approximate surface area is 237 Å². The lowest BCUT2D eigenvalue weighted by atomic mass is 9.80. The van der Waals surface area contributed by atoms with E-state index in [1.807, 2.05) is 42.5 Å². The fourth-order valence-electron chi connectivity index (χ4n) is 5.63. The third-order valence-electron chi connectivity index (χ3n) is 7.64. The molecule has 1 aliphatic carbocycles. The summed E-state index contributed by atoms with van der Waals surface area (Å²) in [4.78, 5) is 40.5. The Hall–Kier alpha value is -3.58. The van der Waals surface area contributed by atoms with Crippen LogP contribution in [-0.4, -0.2) is 71.0 Å². The number of carboxylic acid groups (broad SMARTS) is 1. The Morgan fingerprint density at radius 3 is 2.63 bits per heavy atom. The van der Waals surface area contributed by atoms with Crippen LogP contribution in [0.4, 0.5) is 10.6 Å². The first-order valence-electron chi connectivity index (χ1n) is 14.1. The van der Waals surface area contributed by atoms with Crippen molar-refractivity contribution in [2.24, 2.45) is 11.8 Å². The lowest BCUT2D eigenvalue weighted by Gasteiger charge is -2.28. The van der Waals surface area contributed by atoms with E-state index in [0.717, 1.165) is 24.8 Å². The first kappa shape index (κ1) is 28.9. The highest BCUT2D eigenvalue weighted by molar-refractivity contribution is 5.87. The fourth-order valence-corrected chi connectivity index (χ4v) is 5.63. The highest BCUT2D eigenvalue weighted by Gasteiger charge is 2.53. The van der Waals surface area contributed by atoms with Gasteiger partial charge in [0.15, 0.2) is 12.5 Å². The van der Waals surface area contributed by atoms with Crippen LogP contribution in [0.5, 0.6) is 0 Å². The van der Waals surface area contributed by atoms with Gasteiger partial charge < -0.3 is 29.4 Å². The second-order valence-corrected chi connectivity index (χ2v) is 10.4. The van der Waals surface area contributed by atoms with Crippen LogP contribution in [-0.2, 0) is 23.7 Å². The molecule has 12 nitrogen and oxygen atoms in total. The van der Waals surface area contributed by atoms with Crippen molar-refractivity contribution in [2.75, 3.05) is 25.1 Å². The number of hydrogen-bond acceptors (Lipinski definition) is 8. The van der Waals surface area contributed by atoms with Crippen molar-refractivity contribution in [3.8, 4) is 0 Å². The average molecular weight is 569 g/mol. The Balaban J connectivity index is 1.30. The van der Waals surface area contributed by atoms with Gasteiger partial charge in [0.1, 0.15) is 24.1 Å². The van der Waals surface area contributed by atoms with Gasteiger partial charge in [0.2, 0.25) is 0 Å². The van der Waals surface area contributed by atoms with Gasteiger partial charge in [-0.2, -0.15) is 4.98 Å². The second kappa shape index (κ2) is 13.4. The Bertz CT molecular complexity index is 1290. The van der Waals surface area contributed by atoms with Gasteiger partial charge in [-0.3, -0.25) is 14.7 Å². The number of nitrogens with zero attached hydrogens (tertiary/aromatic N) is 2. The van der Waals surface area contributed by atoms with E-state index >= 15 is 0 Å². The predicted molar refractivity (Wildman–Crippen MR) is 148 cm³/mol. The molecule has 2 amide bonds. The normalized spacial score (nSPS) is 29.3. The van der Waals surface area contributed by atoms with E-state index in [0.29, 0.717) is 19.6 Å². The maximum Gasteiger partial charge on any atom is 0.351 e. The summed E-state index contributed by atoms with van der Waals surface area (Å²) in [6.45, 7) is 2.67. The van der Waals surface area contributed by atoms with Crippen LogP contribution >= 0.6 is 0 Å². The van der Waals surface area contributed by atoms with Gasteiger partial charge in [-0.05, 0) is 43.4 Å². The van der Waals surface area contributed by atoms with Crippen LogP contribution in [0.15, 0.2) is 53.5 Å². The molecule has 0 bridgehead atoms. The highest BCUT2D eigenvalue weighted by Crippen LogP contribution is 2.40. The lowest BCUT2D eigenvalue weighted by molar-refractivity contribution is -0.150. The number of carbonyl (C=O) groups excluding carboxylic acids is 1. The zero-order chi connectivity index (χ0) is 28.8. The minimum atomic E-state index is -0.844. The zero-order valence-corrected chi connectivity index (χ0v) is 22.9. The summed E-state index contributed by atoms with van der Waals surface area (Å²) in [6, 6.07) is 10.8. The number of carbonyl (C=O) groups is 2. The molecule has 1 saturated carbocycles. The average Bonchev–Trinajstić information content (AvgIpc) is 3.52. The minimum absolute atomic E-state index is 0.0617. The van der Waals surface area contributed by atoms with Crippen LogP contribution in [0.2, 0.25) is 0 Å². The van der Waals surface area contributed by atoms with E-state index in [1.165, 1.54) is 16.8 Å². The van der Waals surface area contributed by atoms with Crippen LogP contribution in [0, 0.1) is 11.8 Å². The lowest BCUT2D eigenvalue weighted by Crippen LogP contribution is -2.35. The molecule has 2 aliphatic heterocycles. The maximum absolute atomic E-state index is 13.0. The molecule has 7 atom stereocenters. The van der Waals surface area contributed by atoms with E-state index in [4.69, 9.17) is 18.9 Å². The topological polar surface area (TPSA) is 150 Å². The highest BCUT2D eigenvalue weighted by atomic mass is 16.8. The monoisotopic (exact) mass is 568 g/mol. The molecular weight excluding hydrogens is 532 g/mol. The predicted octanol–water partition coefficient (Wildman–Crippen LogP) is 3.01. The fraction of sp³-hybridized carbons (Fsp3) is 0.517. The number of aliphatic carboxylic acids is 1. The molecule has 3 heterocycles. The molecule has 3 N–H and O–H groups in total. The number of nitrogens with one attached hydrogen (secondary N) is 2. The zero-order valence-electron chi connectivity index (χ0n) is 22.9. The standard InChI is InChI=1S/C29H36N4O8/c1-2-30-28(36)31-22-14-15-33(29(37)32-22)26-25-24(40-23(41-25)13-12-18-8-4-3-5-9-18)21(39-26)17-38-16-19-10-6-7-11-20(19)27(34)35/h3-5,8-9,12-15,19-21,23-26H,2,6-7,10-11,16-17H2,1H3,(H,34,35)(H2,30,31,32,36,37)/b13-12+/t19?,20?,21-,23+,24?,25?,26-/m1/s1. The van der Waals surface area contributed by atoms with E-state index in [9.17, 15) is 19.5 Å². The number of hydrogen-bond donors (Lipinski definition) is 3. The van der Waals surface area contributed by atoms with Gasteiger partial charge in [0.25, 0.3) is 0 Å². The van der Waals surface area contributed by atoms with Gasteiger partial charge in [0.05, 0.1) is 19.1 Å². The number of anilines is 1. The summed E-state index contributed by atoms with van der Waals surface area (Å²) in [5.41, 5.74) is 0.364. The van der Waals surface area contributed by atoms with Crippen molar-refractivity contribution in [1.82, 2.24) is 14.9 Å². The van der Waals surface area contributed by atoms with Crippen molar-refractivity contribution >= 4 is 23.9 Å². The summed E-state index contributed by atoms with van der Waals surface area (Å²) in [6.07, 6.45) is 5.32. The molecule has 41 heavy (non-hydrogen) atoms. The van der Waals surface area contributed by atoms with Crippen molar-refractivity contribution < 1.29 is 33.6 Å². The number of aromatic nitrogens is 2. The molecule has 2 aromatic rings. The Morgan fingerprint density at radius 2 is 1.88 bits per heavy atom. The van der Waals surface area contributed by atoms with E-state index in [-0.39, 0.29) is 18.3 Å². The number of amides is 2. The van der Waals surface area contributed by atoms with Crippen molar-refractivity contribution in [3.63, 3.8) is 0 Å². The van der Waals surface area contributed by atoms with Gasteiger partial charge >= 0.3 is 17.7 Å². The van der Waals surface area contributed by atoms with Crippen molar-refractivity contribution in [1.29, 1.82) is 0 Å². The molecule has 0 spiro atoms. The number of ether oxygens (including phenoxy) is 4. The smallest absolute Gasteiger partial charge is 0.351 e. The van der Waals surface area contributed by atoms with Gasteiger partial charge in [-0.25, -0.2) is 9.59 Å². The SMILES string of the molecule is CCNC(=O)Nc1ccn([C@@H]2O[C@H](COCC3CCCCC3C(=O)O)C3O[C@H](/C=C/c4ccccc4)OC32)c(=O)n1. The van der Waals surface area contributed by atoms with Crippen LogP contribution < -0.4 is 16.3 Å². The number of benzene rings is 1. The third kappa shape index (κ3) is 7.02. The quantitative estimate of drug-likeness (QED) is 0.393. The van der Waals surface area contributed by atoms with Gasteiger partial charge in [-0.15, -0.1) is 0 Å². The largest absolute Gasteiger partial charge is 0.481 e. The minimum Gasteiger partial charge on any atom is -0.481 e. The first-order chi connectivity index (χ1) is 19.9. The van der Waals surface area contributed by atoms with Crippen LogP contribution in [0.25, 0.3) is 6.08 Å². The Kier molecular flexibility index (Phi) is 9.45. The van der Waals surface area contributed by atoms with Crippen LogP contribution in [0.1, 0.15) is 44.4 Å². The molecule has 3 aliphatic rings. The van der Waals surface area contributed by atoms with Crippen molar-refractivity contribution in [3.05, 3.63) is 64.7 Å². The summed E-state index contributed by atoms with van der Waals surface area (Å²) in [5.74, 6) is -1.15. The molecule has 12 heteroatoms. The number of carboxylic acids is 1. The van der Waals surface area contributed by atoms with Gasteiger partial charge in [-0.1, -0.05) is 49.2 Å². The Morgan fingerprint density at radius 1 is 1.10 bits per heavy atom. The summed E-state index contributed by atoms with van der Waals surface area (Å²) >= 11 is 0.